The summed E-state index contributed by atoms with van der Waals surface area (Å²) in [5, 5.41) is 0.907. The molecule has 21 heavy (non-hydrogen) atoms. The zero-order valence-electron chi connectivity index (χ0n) is 11.1. The molecule has 2 aromatic heterocycles. The van der Waals surface area contributed by atoms with Gasteiger partial charge < -0.3 is 4.42 Å². The molecule has 6 nitrogen and oxygen atoms in total. The van der Waals surface area contributed by atoms with Crippen LogP contribution in [-0.4, -0.2) is 15.3 Å². The van der Waals surface area contributed by atoms with Crippen LogP contribution in [0.25, 0.3) is 11.0 Å². The first-order chi connectivity index (χ1) is 10.2. The highest BCUT2D eigenvalue weighted by molar-refractivity contribution is 8.00. The van der Waals surface area contributed by atoms with E-state index >= 15 is 0 Å². The number of thioether (sulfide) groups is 1. The van der Waals surface area contributed by atoms with Crippen molar-refractivity contribution in [3.63, 3.8) is 0 Å². The van der Waals surface area contributed by atoms with Gasteiger partial charge in [-0.25, -0.2) is 10.8 Å². The van der Waals surface area contributed by atoms with Crippen molar-refractivity contribution < 1.29 is 9.21 Å². The first-order valence-corrected chi connectivity index (χ1v) is 7.89. The average Bonchev–Trinajstić information content (AvgIpc) is 3.07. The highest BCUT2D eigenvalue weighted by Crippen LogP contribution is 2.32. The maximum Gasteiger partial charge on any atom is 0.301 e. The molecule has 0 aliphatic carbocycles. The normalized spacial score (nSPS) is 11.0. The van der Waals surface area contributed by atoms with E-state index in [-0.39, 0.29) is 5.76 Å². The molecule has 1 amide bonds. The summed E-state index contributed by atoms with van der Waals surface area (Å²) < 4.78 is 10.6. The van der Waals surface area contributed by atoms with Gasteiger partial charge in [-0.15, -0.1) is 0 Å². The molecule has 3 aromatic rings. The van der Waals surface area contributed by atoms with Crippen molar-refractivity contribution in [3.8, 4) is 0 Å². The molecule has 108 valence electrons. The van der Waals surface area contributed by atoms with Gasteiger partial charge in [-0.05, 0) is 24.5 Å². The SMILES string of the molecule is Cc1nsc(SCc2c(C(=O)NN)oc3ccccc23)n1. The summed E-state index contributed by atoms with van der Waals surface area (Å²) in [6.45, 7) is 1.85. The maximum absolute atomic E-state index is 11.9. The molecule has 0 radical (unpaired) electrons. The lowest BCUT2D eigenvalue weighted by molar-refractivity contribution is 0.0927. The first-order valence-electron chi connectivity index (χ1n) is 6.13. The van der Waals surface area contributed by atoms with Gasteiger partial charge in [0.1, 0.15) is 11.4 Å². The lowest BCUT2D eigenvalue weighted by atomic mass is 10.1. The van der Waals surface area contributed by atoms with Gasteiger partial charge in [0.2, 0.25) is 0 Å². The molecule has 0 spiro atoms. The zero-order valence-corrected chi connectivity index (χ0v) is 12.8. The predicted octanol–water partition coefficient (Wildman–Crippen LogP) is 2.49. The van der Waals surface area contributed by atoms with Crippen molar-refractivity contribution in [2.75, 3.05) is 0 Å². The van der Waals surface area contributed by atoms with Crippen molar-refractivity contribution in [1.29, 1.82) is 0 Å². The number of benzene rings is 1. The second kappa shape index (κ2) is 5.84. The summed E-state index contributed by atoms with van der Waals surface area (Å²) in [4.78, 5) is 16.2. The molecule has 3 rings (SSSR count). The number of hydrazine groups is 1. The zero-order chi connectivity index (χ0) is 14.8. The summed E-state index contributed by atoms with van der Waals surface area (Å²) in [7, 11) is 0. The van der Waals surface area contributed by atoms with Gasteiger partial charge >= 0.3 is 5.91 Å². The number of nitrogens with zero attached hydrogens (tertiary/aromatic N) is 2. The Kier molecular flexibility index (Phi) is 3.91. The number of nitrogens with two attached hydrogens (primary N) is 1. The van der Waals surface area contributed by atoms with E-state index < -0.39 is 5.91 Å². The van der Waals surface area contributed by atoms with Gasteiger partial charge in [-0.1, -0.05) is 30.0 Å². The van der Waals surface area contributed by atoms with Crippen molar-refractivity contribution in [2.24, 2.45) is 5.84 Å². The fourth-order valence-electron chi connectivity index (χ4n) is 1.96. The standard InChI is InChI=1S/C13H12N4O2S2/c1-7-15-13(21-17-7)20-6-9-8-4-2-3-5-10(8)19-11(9)12(18)16-14/h2-5H,6,14H2,1H3,(H,16,18). The van der Waals surface area contributed by atoms with Crippen LogP contribution in [0.3, 0.4) is 0 Å². The van der Waals surface area contributed by atoms with E-state index in [0.29, 0.717) is 11.3 Å². The Labute approximate surface area is 128 Å². The number of aryl methyl sites for hydroxylation is 1. The van der Waals surface area contributed by atoms with E-state index in [2.05, 4.69) is 14.8 Å². The lowest BCUT2D eigenvalue weighted by Crippen LogP contribution is -2.30. The Morgan fingerprint density at radius 1 is 1.48 bits per heavy atom. The molecule has 0 atom stereocenters. The Hall–Kier alpha value is -1.90. The molecule has 2 heterocycles. The second-order valence-corrected chi connectivity index (χ2v) is 6.25. The number of para-hydroxylation sites is 1. The first kappa shape index (κ1) is 14.1. The minimum absolute atomic E-state index is 0.243. The molecule has 0 fully saturated rings. The lowest BCUT2D eigenvalue weighted by Gasteiger charge is -2.00. The number of aromatic nitrogens is 2. The average molecular weight is 320 g/mol. The number of carbonyl (C=O) groups excluding carboxylic acids is 1. The van der Waals surface area contributed by atoms with Crippen LogP contribution in [0.1, 0.15) is 21.9 Å². The number of nitrogens with one attached hydrogen (secondary N) is 1. The van der Waals surface area contributed by atoms with Gasteiger partial charge in [0.15, 0.2) is 10.1 Å². The quantitative estimate of drug-likeness (QED) is 0.332. The van der Waals surface area contributed by atoms with Crippen molar-refractivity contribution in [3.05, 3.63) is 41.4 Å². The molecular weight excluding hydrogens is 308 g/mol. The summed E-state index contributed by atoms with van der Waals surface area (Å²) in [5.74, 6) is 6.34. The number of rotatable bonds is 4. The van der Waals surface area contributed by atoms with Gasteiger partial charge in [0, 0.05) is 16.7 Å². The summed E-state index contributed by atoms with van der Waals surface area (Å²) in [5.41, 5.74) is 3.60. The monoisotopic (exact) mass is 320 g/mol. The third-order valence-electron chi connectivity index (χ3n) is 2.88. The predicted molar refractivity (Wildman–Crippen MR) is 82.1 cm³/mol. The summed E-state index contributed by atoms with van der Waals surface area (Å²) >= 11 is 2.86. The van der Waals surface area contributed by atoms with Crippen LogP contribution in [0.2, 0.25) is 0 Å². The molecule has 0 unspecified atom stereocenters. The maximum atomic E-state index is 11.9. The number of nitrogen functional groups attached to an aromatic ring is 1. The summed E-state index contributed by atoms with van der Waals surface area (Å²) in [6, 6.07) is 7.52. The van der Waals surface area contributed by atoms with Crippen molar-refractivity contribution in [1.82, 2.24) is 14.8 Å². The van der Waals surface area contributed by atoms with Crippen LogP contribution in [0.15, 0.2) is 33.0 Å². The number of amides is 1. The Morgan fingerprint density at radius 3 is 3.00 bits per heavy atom. The highest BCUT2D eigenvalue weighted by atomic mass is 32.2. The number of hydrogen-bond acceptors (Lipinski definition) is 7. The smallest absolute Gasteiger partial charge is 0.301 e. The van der Waals surface area contributed by atoms with E-state index in [9.17, 15) is 4.79 Å². The number of furan rings is 1. The Morgan fingerprint density at radius 2 is 2.29 bits per heavy atom. The van der Waals surface area contributed by atoms with Crippen LogP contribution in [0, 0.1) is 6.92 Å². The van der Waals surface area contributed by atoms with Gasteiger partial charge in [0.05, 0.1) is 0 Å². The van der Waals surface area contributed by atoms with E-state index in [1.54, 1.807) is 0 Å². The van der Waals surface area contributed by atoms with E-state index in [0.717, 1.165) is 21.1 Å². The molecule has 0 bridgehead atoms. The molecule has 3 N–H and O–H groups in total. The second-order valence-electron chi connectivity index (χ2n) is 4.28. The molecule has 0 saturated heterocycles. The van der Waals surface area contributed by atoms with Crippen LogP contribution < -0.4 is 11.3 Å². The van der Waals surface area contributed by atoms with Gasteiger partial charge in [0.25, 0.3) is 0 Å². The molecule has 0 aliphatic rings. The summed E-state index contributed by atoms with van der Waals surface area (Å²) in [6.07, 6.45) is 0. The van der Waals surface area contributed by atoms with E-state index in [1.807, 2.05) is 31.2 Å². The third kappa shape index (κ3) is 2.78. The van der Waals surface area contributed by atoms with Crippen molar-refractivity contribution in [2.45, 2.75) is 17.0 Å². The topological polar surface area (TPSA) is 94.0 Å². The van der Waals surface area contributed by atoms with Crippen LogP contribution in [0.4, 0.5) is 0 Å². The fraction of sp³-hybridized carbons (Fsp3) is 0.154. The van der Waals surface area contributed by atoms with Crippen molar-refractivity contribution >= 4 is 40.2 Å². The molecule has 0 aliphatic heterocycles. The van der Waals surface area contributed by atoms with Gasteiger partial charge in [-0.3, -0.25) is 10.2 Å². The molecule has 8 heteroatoms. The molecule has 0 saturated carbocycles. The van der Waals surface area contributed by atoms with E-state index in [1.165, 1.54) is 23.3 Å². The molecular formula is C13H12N4O2S2. The number of fused-ring (bicyclic) bond motifs is 1. The number of carbonyl (C=O) groups is 1. The van der Waals surface area contributed by atoms with E-state index in [4.69, 9.17) is 10.3 Å². The Balaban J connectivity index is 1.96. The largest absolute Gasteiger partial charge is 0.451 e. The van der Waals surface area contributed by atoms with Crippen LogP contribution in [-0.2, 0) is 5.75 Å². The highest BCUT2D eigenvalue weighted by Gasteiger charge is 2.20. The minimum Gasteiger partial charge on any atom is -0.451 e. The Bertz CT molecular complexity index is 796. The van der Waals surface area contributed by atoms with Gasteiger partial charge in [-0.2, -0.15) is 4.37 Å². The third-order valence-corrected chi connectivity index (χ3v) is 4.84. The van der Waals surface area contributed by atoms with Crippen LogP contribution in [0.5, 0.6) is 0 Å². The number of hydrogen-bond donors (Lipinski definition) is 2. The van der Waals surface area contributed by atoms with Crippen LogP contribution >= 0.6 is 23.3 Å². The fourth-order valence-corrected chi connectivity index (χ4v) is 3.64. The molecule has 1 aromatic carbocycles. The minimum atomic E-state index is -0.435.